The van der Waals surface area contributed by atoms with Crippen LogP contribution in [0.25, 0.3) is 0 Å². The Balaban J connectivity index is 3.32. The van der Waals surface area contributed by atoms with Crippen molar-refractivity contribution in [2.45, 2.75) is 6.42 Å². The van der Waals surface area contributed by atoms with Crippen LogP contribution in [0.3, 0.4) is 0 Å². The van der Waals surface area contributed by atoms with Gasteiger partial charge in [0.15, 0.2) is 11.5 Å². The van der Waals surface area contributed by atoms with Gasteiger partial charge in [0, 0.05) is 5.56 Å². The Morgan fingerprint density at radius 3 is 2.56 bits per heavy atom. The Morgan fingerprint density at radius 1 is 1.50 bits per heavy atom. The highest BCUT2D eigenvalue weighted by Crippen LogP contribution is 2.38. The number of carboxylic acids is 1. The van der Waals surface area contributed by atoms with Gasteiger partial charge in [0.1, 0.15) is 5.82 Å². The van der Waals surface area contributed by atoms with Gasteiger partial charge in [-0.25, -0.2) is 4.39 Å². The van der Waals surface area contributed by atoms with Gasteiger partial charge >= 0.3 is 5.97 Å². The van der Waals surface area contributed by atoms with Crippen LogP contribution in [0.1, 0.15) is 5.56 Å². The average molecular weight is 293 g/mol. The molecule has 0 radical (unpaired) electrons. The molecule has 0 heterocycles. The van der Waals surface area contributed by atoms with E-state index < -0.39 is 18.2 Å². The summed E-state index contributed by atoms with van der Waals surface area (Å²) in [5.74, 6) is -1.28. The number of hydrogen-bond donors (Lipinski definition) is 1. The summed E-state index contributed by atoms with van der Waals surface area (Å²) in [5, 5.41) is 8.62. The fraction of sp³-hybridized carbons (Fsp3) is 0.300. The Kier molecular flexibility index (Phi) is 4.12. The SMILES string of the molecule is COc1cc(CC(=O)O)c(F)c(Br)c1OC. The fourth-order valence-corrected chi connectivity index (χ4v) is 1.88. The summed E-state index contributed by atoms with van der Waals surface area (Å²) in [6.45, 7) is 0. The molecular weight excluding hydrogens is 283 g/mol. The van der Waals surface area contributed by atoms with E-state index >= 15 is 0 Å². The first kappa shape index (κ1) is 12.8. The Hall–Kier alpha value is -1.30. The van der Waals surface area contributed by atoms with Crippen molar-refractivity contribution in [2.75, 3.05) is 14.2 Å². The number of ether oxygens (including phenoxy) is 2. The fourth-order valence-electron chi connectivity index (χ4n) is 1.27. The van der Waals surface area contributed by atoms with Crippen LogP contribution in [-0.2, 0) is 11.2 Å². The molecule has 88 valence electrons. The molecule has 0 atom stereocenters. The number of rotatable bonds is 4. The van der Waals surface area contributed by atoms with Crippen LogP contribution in [0.4, 0.5) is 4.39 Å². The minimum absolute atomic E-state index is 0.0389. The first-order valence-electron chi connectivity index (χ1n) is 4.31. The largest absolute Gasteiger partial charge is 0.493 e. The van der Waals surface area contributed by atoms with E-state index in [4.69, 9.17) is 14.6 Å². The van der Waals surface area contributed by atoms with Gasteiger partial charge in [-0.2, -0.15) is 0 Å². The zero-order valence-electron chi connectivity index (χ0n) is 8.71. The van der Waals surface area contributed by atoms with Crippen molar-refractivity contribution in [3.8, 4) is 11.5 Å². The van der Waals surface area contributed by atoms with Crippen molar-refractivity contribution in [1.82, 2.24) is 0 Å². The molecule has 1 aromatic rings. The number of aliphatic carboxylic acids is 1. The molecule has 0 aliphatic carbocycles. The van der Waals surface area contributed by atoms with Crippen LogP contribution in [0, 0.1) is 5.82 Å². The normalized spacial score (nSPS) is 10.0. The lowest BCUT2D eigenvalue weighted by Gasteiger charge is -2.12. The van der Waals surface area contributed by atoms with E-state index in [1.807, 2.05) is 0 Å². The van der Waals surface area contributed by atoms with E-state index in [0.717, 1.165) is 0 Å². The Bertz CT molecular complexity index is 420. The molecule has 0 aromatic heterocycles. The third-order valence-electron chi connectivity index (χ3n) is 1.97. The lowest BCUT2D eigenvalue weighted by molar-refractivity contribution is -0.136. The average Bonchev–Trinajstić information content (AvgIpc) is 2.24. The first-order valence-corrected chi connectivity index (χ1v) is 5.11. The van der Waals surface area contributed by atoms with Crippen LogP contribution in [0.2, 0.25) is 0 Å². The molecule has 1 N–H and O–H groups in total. The van der Waals surface area contributed by atoms with Crippen LogP contribution in [-0.4, -0.2) is 25.3 Å². The van der Waals surface area contributed by atoms with Crippen molar-refractivity contribution in [3.63, 3.8) is 0 Å². The second-order valence-corrected chi connectivity index (χ2v) is 3.76. The molecule has 1 rings (SSSR count). The predicted molar refractivity (Wildman–Crippen MR) is 58.5 cm³/mol. The Labute approximate surface area is 100 Å². The molecule has 0 aliphatic heterocycles. The van der Waals surface area contributed by atoms with Crippen molar-refractivity contribution < 1.29 is 23.8 Å². The third kappa shape index (κ3) is 2.44. The summed E-state index contributed by atoms with van der Waals surface area (Å²) >= 11 is 3.00. The molecule has 0 saturated carbocycles. The van der Waals surface area contributed by atoms with Crippen molar-refractivity contribution in [1.29, 1.82) is 0 Å². The highest BCUT2D eigenvalue weighted by atomic mass is 79.9. The van der Waals surface area contributed by atoms with Crippen molar-refractivity contribution in [3.05, 3.63) is 21.9 Å². The standard InChI is InChI=1S/C10H10BrFO4/c1-15-6-3-5(4-7(13)14)9(12)8(11)10(6)16-2/h3H,4H2,1-2H3,(H,13,14). The zero-order valence-corrected chi connectivity index (χ0v) is 10.3. The smallest absolute Gasteiger partial charge is 0.307 e. The summed E-state index contributed by atoms with van der Waals surface area (Å²) in [5.41, 5.74) is 0.0389. The van der Waals surface area contributed by atoms with Gasteiger partial charge in [0.05, 0.1) is 25.1 Å². The van der Waals surface area contributed by atoms with Crippen LogP contribution in [0.15, 0.2) is 10.5 Å². The van der Waals surface area contributed by atoms with Crippen LogP contribution < -0.4 is 9.47 Å². The predicted octanol–water partition coefficient (Wildman–Crippen LogP) is 2.23. The van der Waals surface area contributed by atoms with Gasteiger partial charge < -0.3 is 14.6 Å². The lowest BCUT2D eigenvalue weighted by Crippen LogP contribution is -2.05. The minimum atomic E-state index is -1.11. The number of carboxylic acid groups (broad SMARTS) is 1. The molecule has 0 bridgehead atoms. The summed E-state index contributed by atoms with van der Waals surface area (Å²) in [7, 11) is 2.77. The maximum absolute atomic E-state index is 13.7. The maximum Gasteiger partial charge on any atom is 0.307 e. The second kappa shape index (κ2) is 5.16. The number of hydrogen-bond acceptors (Lipinski definition) is 3. The summed E-state index contributed by atoms with van der Waals surface area (Å²) in [6.07, 6.45) is -0.412. The van der Waals surface area contributed by atoms with Gasteiger partial charge in [-0.3, -0.25) is 4.79 Å². The molecule has 16 heavy (non-hydrogen) atoms. The van der Waals surface area contributed by atoms with Crippen LogP contribution >= 0.6 is 15.9 Å². The molecule has 1 aromatic carbocycles. The minimum Gasteiger partial charge on any atom is -0.493 e. The first-order chi connectivity index (χ1) is 7.51. The topological polar surface area (TPSA) is 55.8 Å². The van der Waals surface area contributed by atoms with Gasteiger partial charge in [-0.05, 0) is 22.0 Å². The van der Waals surface area contributed by atoms with Gasteiger partial charge in [0.25, 0.3) is 0 Å². The van der Waals surface area contributed by atoms with E-state index in [9.17, 15) is 9.18 Å². The molecular formula is C10H10BrFO4. The molecule has 0 amide bonds. The quantitative estimate of drug-likeness (QED) is 0.925. The Morgan fingerprint density at radius 2 is 2.12 bits per heavy atom. The number of methoxy groups -OCH3 is 2. The number of carbonyl (C=O) groups is 1. The molecule has 0 saturated heterocycles. The van der Waals surface area contributed by atoms with E-state index in [0.29, 0.717) is 0 Å². The summed E-state index contributed by atoms with van der Waals surface area (Å²) in [6, 6.07) is 1.31. The third-order valence-corrected chi connectivity index (χ3v) is 2.68. The van der Waals surface area contributed by atoms with Crippen molar-refractivity contribution in [2.24, 2.45) is 0 Å². The monoisotopic (exact) mass is 292 g/mol. The number of benzene rings is 1. The summed E-state index contributed by atoms with van der Waals surface area (Å²) < 4.78 is 23.7. The van der Waals surface area contributed by atoms with Gasteiger partial charge in [0.2, 0.25) is 0 Å². The second-order valence-electron chi connectivity index (χ2n) is 2.97. The molecule has 0 fully saturated rings. The number of halogens is 2. The van der Waals surface area contributed by atoms with E-state index in [1.165, 1.54) is 20.3 Å². The highest BCUT2D eigenvalue weighted by molar-refractivity contribution is 9.10. The van der Waals surface area contributed by atoms with Gasteiger partial charge in [-0.15, -0.1) is 0 Å². The van der Waals surface area contributed by atoms with Crippen LogP contribution in [0.5, 0.6) is 11.5 Å². The molecule has 0 spiro atoms. The molecule has 4 nitrogen and oxygen atoms in total. The highest BCUT2D eigenvalue weighted by Gasteiger charge is 2.19. The molecule has 6 heteroatoms. The van der Waals surface area contributed by atoms with E-state index in [-0.39, 0.29) is 21.5 Å². The van der Waals surface area contributed by atoms with E-state index in [1.54, 1.807) is 0 Å². The molecule has 0 unspecified atom stereocenters. The van der Waals surface area contributed by atoms with Crippen molar-refractivity contribution >= 4 is 21.9 Å². The summed E-state index contributed by atoms with van der Waals surface area (Å²) in [4.78, 5) is 10.5. The molecule has 0 aliphatic rings. The van der Waals surface area contributed by atoms with Gasteiger partial charge in [-0.1, -0.05) is 0 Å². The lowest BCUT2D eigenvalue weighted by atomic mass is 10.1. The maximum atomic E-state index is 13.7. The zero-order chi connectivity index (χ0) is 12.3. The van der Waals surface area contributed by atoms with E-state index in [2.05, 4.69) is 15.9 Å².